The molecule has 0 unspecified atom stereocenters. The molecule has 1 aliphatic heterocycles. The fourth-order valence-corrected chi connectivity index (χ4v) is 2.71. The Morgan fingerprint density at radius 3 is 2.06 bits per heavy atom. The highest BCUT2D eigenvalue weighted by atomic mass is 16.5. The average Bonchev–Trinajstić information content (AvgIpc) is 3.09. The Labute approximate surface area is 187 Å². The number of ether oxygens (including phenoxy) is 3. The molecule has 2 rings (SSSR count). The van der Waals surface area contributed by atoms with E-state index in [2.05, 4.69) is 10.6 Å². The molecule has 1 aromatic carbocycles. The fourth-order valence-electron chi connectivity index (χ4n) is 2.71. The van der Waals surface area contributed by atoms with Crippen molar-refractivity contribution in [1.82, 2.24) is 10.2 Å². The van der Waals surface area contributed by atoms with Crippen molar-refractivity contribution in [1.29, 1.82) is 0 Å². The molecule has 0 aromatic heterocycles. The van der Waals surface area contributed by atoms with Gasteiger partial charge in [0.2, 0.25) is 5.91 Å². The maximum Gasteiger partial charge on any atom is 0.253 e. The molecule has 1 aromatic rings. The lowest BCUT2D eigenvalue weighted by molar-refractivity contribution is -0.137. The van der Waals surface area contributed by atoms with Gasteiger partial charge in [0.15, 0.2) is 0 Å². The summed E-state index contributed by atoms with van der Waals surface area (Å²) < 4.78 is 16.2. The summed E-state index contributed by atoms with van der Waals surface area (Å²) in [6, 6.07) is 5.39. The summed E-state index contributed by atoms with van der Waals surface area (Å²) in [6.07, 6.45) is 2.45. The van der Waals surface area contributed by atoms with E-state index in [1.165, 1.54) is 12.2 Å². The Bertz CT molecular complexity index is 783. The Balaban J connectivity index is 1.33. The summed E-state index contributed by atoms with van der Waals surface area (Å²) in [5.74, 6) is -1.03. The van der Waals surface area contributed by atoms with Crippen molar-refractivity contribution in [3.8, 4) is 0 Å². The van der Waals surface area contributed by atoms with Crippen LogP contribution in [0, 0.1) is 0 Å². The van der Waals surface area contributed by atoms with Crippen LogP contribution < -0.4 is 22.1 Å². The molecule has 11 heteroatoms. The number of nitrogen functional groups attached to an aromatic ring is 2. The van der Waals surface area contributed by atoms with E-state index in [-0.39, 0.29) is 18.9 Å². The van der Waals surface area contributed by atoms with Gasteiger partial charge in [0.05, 0.1) is 51.0 Å². The number of nitrogens with zero attached hydrogens (tertiary/aromatic N) is 1. The zero-order valence-corrected chi connectivity index (χ0v) is 18.0. The van der Waals surface area contributed by atoms with E-state index < -0.39 is 11.8 Å². The molecule has 0 spiro atoms. The Hall–Kier alpha value is -3.15. The second kappa shape index (κ2) is 14.0. The van der Waals surface area contributed by atoms with E-state index in [1.807, 2.05) is 6.07 Å². The number of hydrogen-bond acceptors (Lipinski definition) is 9. The van der Waals surface area contributed by atoms with Crippen LogP contribution >= 0.6 is 0 Å². The normalized spacial score (nSPS) is 13.1. The van der Waals surface area contributed by atoms with Crippen LogP contribution in [-0.2, 0) is 28.6 Å². The van der Waals surface area contributed by atoms with Gasteiger partial charge in [0.25, 0.3) is 11.8 Å². The maximum atomic E-state index is 11.7. The van der Waals surface area contributed by atoms with E-state index in [4.69, 9.17) is 25.7 Å². The topological polar surface area (TPSA) is 158 Å². The fraction of sp³-hybridized carbons (Fsp3) is 0.476. The van der Waals surface area contributed by atoms with E-state index in [1.54, 1.807) is 12.1 Å². The minimum atomic E-state index is -0.392. The molecule has 0 bridgehead atoms. The summed E-state index contributed by atoms with van der Waals surface area (Å²) in [4.78, 5) is 35.5. The number of rotatable bonds is 16. The average molecular weight is 450 g/mol. The summed E-state index contributed by atoms with van der Waals surface area (Å²) in [7, 11) is 0. The van der Waals surface area contributed by atoms with Gasteiger partial charge >= 0.3 is 0 Å². The van der Waals surface area contributed by atoms with Crippen LogP contribution in [0.5, 0.6) is 0 Å². The molecule has 0 fully saturated rings. The van der Waals surface area contributed by atoms with E-state index in [0.29, 0.717) is 64.1 Å². The van der Waals surface area contributed by atoms with Crippen LogP contribution in [0.25, 0.3) is 0 Å². The number of hydrogen-bond donors (Lipinski definition) is 4. The lowest BCUT2D eigenvalue weighted by atomic mass is 10.2. The first-order valence-electron chi connectivity index (χ1n) is 10.4. The summed E-state index contributed by atoms with van der Waals surface area (Å²) in [6.45, 7) is 3.67. The number of anilines is 3. The number of carbonyl (C=O) groups is 3. The first-order valence-corrected chi connectivity index (χ1v) is 10.4. The zero-order valence-electron chi connectivity index (χ0n) is 18.0. The molecular formula is C21H31N5O6. The number of nitrogens with one attached hydrogen (secondary N) is 2. The quantitative estimate of drug-likeness (QED) is 0.152. The molecule has 0 aliphatic carbocycles. The number of benzene rings is 1. The van der Waals surface area contributed by atoms with Crippen molar-refractivity contribution in [2.24, 2.45) is 0 Å². The highest BCUT2D eigenvalue weighted by molar-refractivity contribution is 6.13. The van der Waals surface area contributed by atoms with Crippen molar-refractivity contribution in [2.75, 3.05) is 76.1 Å². The predicted octanol–water partition coefficient (Wildman–Crippen LogP) is -0.256. The largest absolute Gasteiger partial charge is 0.397 e. The summed E-state index contributed by atoms with van der Waals surface area (Å²) >= 11 is 0. The molecule has 32 heavy (non-hydrogen) atoms. The zero-order chi connectivity index (χ0) is 23.2. The van der Waals surface area contributed by atoms with Crippen molar-refractivity contribution in [2.45, 2.75) is 6.42 Å². The molecule has 1 aliphatic rings. The van der Waals surface area contributed by atoms with Crippen LogP contribution in [0.2, 0.25) is 0 Å². The molecule has 176 valence electrons. The highest BCUT2D eigenvalue weighted by Crippen LogP contribution is 2.19. The first-order chi connectivity index (χ1) is 15.5. The standard InChI is InChI=1S/C21H31N5O6/c22-17-2-1-16(15-18(17)23)24-6-9-30-11-13-32-14-12-31-10-7-25-19(27)5-8-26-20(28)3-4-21(26)29/h1-4,15,24H,5-14,22-23H2,(H,25,27). The monoisotopic (exact) mass is 449 g/mol. The summed E-state index contributed by atoms with van der Waals surface area (Å²) in [5.41, 5.74) is 13.4. The third kappa shape index (κ3) is 9.33. The van der Waals surface area contributed by atoms with Crippen LogP contribution in [-0.4, -0.2) is 81.9 Å². The summed E-state index contributed by atoms with van der Waals surface area (Å²) in [5, 5.41) is 5.86. The lowest BCUT2D eigenvalue weighted by Crippen LogP contribution is -2.35. The van der Waals surface area contributed by atoms with Gasteiger partial charge in [-0.15, -0.1) is 0 Å². The number of carbonyl (C=O) groups excluding carboxylic acids is 3. The van der Waals surface area contributed by atoms with Gasteiger partial charge in [0.1, 0.15) is 0 Å². The van der Waals surface area contributed by atoms with Gasteiger partial charge in [0, 0.05) is 43.9 Å². The van der Waals surface area contributed by atoms with Crippen LogP contribution in [0.1, 0.15) is 6.42 Å². The Kier molecular flexibility index (Phi) is 11.0. The Morgan fingerprint density at radius 1 is 0.844 bits per heavy atom. The van der Waals surface area contributed by atoms with E-state index in [0.717, 1.165) is 10.6 Å². The molecule has 0 atom stereocenters. The molecule has 1 heterocycles. The first kappa shape index (κ1) is 25.1. The van der Waals surface area contributed by atoms with Crippen molar-refractivity contribution >= 4 is 34.8 Å². The molecule has 0 saturated carbocycles. The van der Waals surface area contributed by atoms with Gasteiger partial charge in [-0.25, -0.2) is 0 Å². The SMILES string of the molecule is Nc1ccc(NCCOCCOCCOCCNC(=O)CCN2C(=O)C=CC2=O)cc1N. The second-order valence-corrected chi connectivity index (χ2v) is 6.87. The van der Waals surface area contributed by atoms with Crippen LogP contribution in [0.4, 0.5) is 17.1 Å². The third-order valence-corrected chi connectivity index (χ3v) is 4.44. The van der Waals surface area contributed by atoms with Gasteiger partial charge in [-0.3, -0.25) is 19.3 Å². The van der Waals surface area contributed by atoms with Crippen LogP contribution in [0.15, 0.2) is 30.4 Å². The second-order valence-electron chi connectivity index (χ2n) is 6.87. The molecule has 3 amide bonds. The van der Waals surface area contributed by atoms with Crippen molar-refractivity contribution < 1.29 is 28.6 Å². The van der Waals surface area contributed by atoms with Gasteiger partial charge in [-0.1, -0.05) is 0 Å². The third-order valence-electron chi connectivity index (χ3n) is 4.44. The maximum absolute atomic E-state index is 11.7. The van der Waals surface area contributed by atoms with Gasteiger partial charge in [-0.2, -0.15) is 0 Å². The van der Waals surface area contributed by atoms with Crippen LogP contribution in [0.3, 0.4) is 0 Å². The molecular weight excluding hydrogens is 418 g/mol. The van der Waals surface area contributed by atoms with Crippen molar-refractivity contribution in [3.63, 3.8) is 0 Å². The van der Waals surface area contributed by atoms with E-state index >= 15 is 0 Å². The molecule has 0 radical (unpaired) electrons. The lowest BCUT2D eigenvalue weighted by Gasteiger charge is -2.13. The highest BCUT2D eigenvalue weighted by Gasteiger charge is 2.23. The number of amides is 3. The van der Waals surface area contributed by atoms with E-state index in [9.17, 15) is 14.4 Å². The smallest absolute Gasteiger partial charge is 0.253 e. The number of imide groups is 1. The number of nitrogens with two attached hydrogens (primary N) is 2. The predicted molar refractivity (Wildman–Crippen MR) is 120 cm³/mol. The molecule has 11 nitrogen and oxygen atoms in total. The van der Waals surface area contributed by atoms with Gasteiger partial charge < -0.3 is 36.3 Å². The molecule has 0 saturated heterocycles. The minimum Gasteiger partial charge on any atom is -0.397 e. The minimum absolute atomic E-state index is 0.0613. The van der Waals surface area contributed by atoms with Gasteiger partial charge in [-0.05, 0) is 18.2 Å². The Morgan fingerprint density at radius 2 is 1.44 bits per heavy atom. The van der Waals surface area contributed by atoms with Crippen molar-refractivity contribution in [3.05, 3.63) is 30.4 Å². The molecule has 6 N–H and O–H groups in total.